The molecule has 1 N–H and O–H groups in total. The standard InChI is InChI=1S/C13H13BrFNO/c1-8-5-12(15)11(14)6-13(8)16-9(2)10-3-4-17-7-10/h3-7,9,16H,1-2H3. The van der Waals surface area contributed by atoms with Crippen molar-refractivity contribution in [2.24, 2.45) is 0 Å². The lowest BCUT2D eigenvalue weighted by Gasteiger charge is -2.16. The minimum Gasteiger partial charge on any atom is -0.472 e. The summed E-state index contributed by atoms with van der Waals surface area (Å²) in [6.45, 7) is 3.90. The molecule has 1 aromatic carbocycles. The maximum absolute atomic E-state index is 13.3. The van der Waals surface area contributed by atoms with Gasteiger partial charge < -0.3 is 9.73 Å². The van der Waals surface area contributed by atoms with Crippen LogP contribution >= 0.6 is 15.9 Å². The van der Waals surface area contributed by atoms with Gasteiger partial charge in [-0.15, -0.1) is 0 Å². The highest BCUT2D eigenvalue weighted by atomic mass is 79.9. The smallest absolute Gasteiger partial charge is 0.137 e. The quantitative estimate of drug-likeness (QED) is 0.891. The van der Waals surface area contributed by atoms with Crippen LogP contribution in [0.5, 0.6) is 0 Å². The Morgan fingerprint density at radius 1 is 1.41 bits per heavy atom. The molecule has 1 unspecified atom stereocenters. The molecule has 0 aliphatic heterocycles. The van der Waals surface area contributed by atoms with E-state index in [9.17, 15) is 4.39 Å². The van der Waals surface area contributed by atoms with Crippen LogP contribution in [-0.2, 0) is 0 Å². The van der Waals surface area contributed by atoms with Crippen LogP contribution in [0.4, 0.5) is 10.1 Å². The molecule has 2 nitrogen and oxygen atoms in total. The third-order valence-corrected chi connectivity index (χ3v) is 3.29. The Balaban J connectivity index is 2.22. The molecule has 0 saturated heterocycles. The zero-order valence-corrected chi connectivity index (χ0v) is 11.2. The van der Waals surface area contributed by atoms with Gasteiger partial charge in [-0.2, -0.15) is 0 Å². The van der Waals surface area contributed by atoms with Crippen LogP contribution in [0, 0.1) is 12.7 Å². The summed E-state index contributed by atoms with van der Waals surface area (Å²) in [4.78, 5) is 0. The monoisotopic (exact) mass is 297 g/mol. The first-order chi connectivity index (χ1) is 8.08. The Morgan fingerprint density at radius 3 is 2.82 bits per heavy atom. The highest BCUT2D eigenvalue weighted by molar-refractivity contribution is 9.10. The highest BCUT2D eigenvalue weighted by Crippen LogP contribution is 2.27. The van der Waals surface area contributed by atoms with Gasteiger partial charge in [-0.3, -0.25) is 0 Å². The van der Waals surface area contributed by atoms with Crippen LogP contribution in [0.2, 0.25) is 0 Å². The van der Waals surface area contributed by atoms with Gasteiger partial charge in [0.25, 0.3) is 0 Å². The third kappa shape index (κ3) is 2.69. The van der Waals surface area contributed by atoms with E-state index in [2.05, 4.69) is 21.2 Å². The molecule has 1 aromatic heterocycles. The summed E-state index contributed by atoms with van der Waals surface area (Å²) >= 11 is 3.19. The molecule has 0 radical (unpaired) electrons. The average molecular weight is 298 g/mol. The van der Waals surface area contributed by atoms with Gasteiger partial charge in [0.15, 0.2) is 0 Å². The van der Waals surface area contributed by atoms with E-state index in [1.165, 1.54) is 6.07 Å². The highest BCUT2D eigenvalue weighted by Gasteiger charge is 2.10. The van der Waals surface area contributed by atoms with Gasteiger partial charge >= 0.3 is 0 Å². The van der Waals surface area contributed by atoms with Crippen molar-refractivity contribution in [2.75, 3.05) is 5.32 Å². The van der Waals surface area contributed by atoms with E-state index in [0.717, 1.165) is 16.8 Å². The van der Waals surface area contributed by atoms with E-state index in [1.54, 1.807) is 18.6 Å². The van der Waals surface area contributed by atoms with Gasteiger partial charge in [-0.05, 0) is 53.5 Å². The van der Waals surface area contributed by atoms with E-state index in [4.69, 9.17) is 4.42 Å². The van der Waals surface area contributed by atoms with Gasteiger partial charge in [0.05, 0.1) is 23.0 Å². The van der Waals surface area contributed by atoms with Crippen molar-refractivity contribution in [1.82, 2.24) is 0 Å². The largest absolute Gasteiger partial charge is 0.472 e. The first kappa shape index (κ1) is 12.2. The summed E-state index contributed by atoms with van der Waals surface area (Å²) < 4.78 is 18.8. The molecule has 0 saturated carbocycles. The minimum atomic E-state index is -0.246. The number of anilines is 1. The van der Waals surface area contributed by atoms with Crippen molar-refractivity contribution >= 4 is 21.6 Å². The van der Waals surface area contributed by atoms with Crippen LogP contribution in [0.3, 0.4) is 0 Å². The van der Waals surface area contributed by atoms with E-state index in [1.807, 2.05) is 19.9 Å². The Hall–Kier alpha value is -1.29. The molecule has 1 atom stereocenters. The Labute approximate surface area is 108 Å². The van der Waals surface area contributed by atoms with Crippen LogP contribution in [0.25, 0.3) is 0 Å². The maximum Gasteiger partial charge on any atom is 0.137 e. The normalized spacial score (nSPS) is 12.5. The second-order valence-corrected chi connectivity index (χ2v) is 4.86. The fraction of sp³-hybridized carbons (Fsp3) is 0.231. The first-order valence-corrected chi connectivity index (χ1v) is 6.11. The first-order valence-electron chi connectivity index (χ1n) is 5.32. The third-order valence-electron chi connectivity index (χ3n) is 2.68. The predicted molar refractivity (Wildman–Crippen MR) is 69.6 cm³/mol. The number of rotatable bonds is 3. The summed E-state index contributed by atoms with van der Waals surface area (Å²) in [6, 6.07) is 5.28. The molecular weight excluding hydrogens is 285 g/mol. The molecule has 17 heavy (non-hydrogen) atoms. The molecule has 2 rings (SSSR count). The summed E-state index contributed by atoms with van der Waals surface area (Å²) in [5, 5.41) is 3.32. The van der Waals surface area contributed by atoms with E-state index in [0.29, 0.717) is 4.47 Å². The summed E-state index contributed by atoms with van der Waals surface area (Å²) in [6.07, 6.45) is 3.34. The van der Waals surface area contributed by atoms with Crippen LogP contribution in [0.1, 0.15) is 24.1 Å². The molecule has 2 aromatic rings. The Kier molecular flexibility index (Phi) is 3.52. The van der Waals surface area contributed by atoms with Gasteiger partial charge in [0.1, 0.15) is 5.82 Å². The van der Waals surface area contributed by atoms with E-state index >= 15 is 0 Å². The van der Waals surface area contributed by atoms with Gasteiger partial charge in [0.2, 0.25) is 0 Å². The van der Waals surface area contributed by atoms with Gasteiger partial charge in [0, 0.05) is 11.3 Å². The molecular formula is C13H13BrFNO. The number of hydrogen-bond donors (Lipinski definition) is 1. The Morgan fingerprint density at radius 2 is 2.18 bits per heavy atom. The van der Waals surface area contributed by atoms with E-state index in [-0.39, 0.29) is 11.9 Å². The fourth-order valence-corrected chi connectivity index (χ4v) is 1.98. The lowest BCUT2D eigenvalue weighted by Crippen LogP contribution is -2.07. The molecule has 0 spiro atoms. The maximum atomic E-state index is 13.3. The number of aryl methyl sites for hydroxylation is 1. The van der Waals surface area contributed by atoms with E-state index < -0.39 is 0 Å². The molecule has 0 aliphatic carbocycles. The van der Waals surface area contributed by atoms with Crippen molar-refractivity contribution in [3.8, 4) is 0 Å². The summed E-state index contributed by atoms with van der Waals surface area (Å²) in [5.41, 5.74) is 2.85. The predicted octanol–water partition coefficient (Wildman–Crippen LogP) is 4.66. The average Bonchev–Trinajstić information content (AvgIpc) is 2.79. The molecule has 0 amide bonds. The summed E-state index contributed by atoms with van der Waals surface area (Å²) in [5.74, 6) is -0.246. The summed E-state index contributed by atoms with van der Waals surface area (Å²) in [7, 11) is 0. The zero-order valence-electron chi connectivity index (χ0n) is 9.63. The zero-order chi connectivity index (χ0) is 12.4. The molecule has 4 heteroatoms. The molecule has 90 valence electrons. The topological polar surface area (TPSA) is 25.2 Å². The number of furan rings is 1. The van der Waals surface area contributed by atoms with Crippen LogP contribution < -0.4 is 5.32 Å². The molecule has 0 aliphatic rings. The number of nitrogens with one attached hydrogen (secondary N) is 1. The van der Waals surface area contributed by atoms with Crippen molar-refractivity contribution < 1.29 is 8.81 Å². The van der Waals surface area contributed by atoms with Crippen LogP contribution in [-0.4, -0.2) is 0 Å². The molecule has 0 fully saturated rings. The molecule has 0 bridgehead atoms. The SMILES string of the molecule is Cc1cc(F)c(Br)cc1NC(C)c1ccoc1. The van der Waals surface area contributed by atoms with Crippen molar-refractivity contribution in [1.29, 1.82) is 0 Å². The minimum absolute atomic E-state index is 0.116. The van der Waals surface area contributed by atoms with Crippen LogP contribution in [0.15, 0.2) is 39.6 Å². The lowest BCUT2D eigenvalue weighted by molar-refractivity contribution is 0.562. The van der Waals surface area contributed by atoms with Crippen molar-refractivity contribution in [3.63, 3.8) is 0 Å². The molecule has 1 heterocycles. The number of halogens is 2. The van der Waals surface area contributed by atoms with Gasteiger partial charge in [-0.25, -0.2) is 4.39 Å². The number of hydrogen-bond acceptors (Lipinski definition) is 2. The van der Waals surface area contributed by atoms with Crippen molar-refractivity contribution in [2.45, 2.75) is 19.9 Å². The number of benzene rings is 1. The van der Waals surface area contributed by atoms with Gasteiger partial charge in [-0.1, -0.05) is 0 Å². The lowest BCUT2D eigenvalue weighted by atomic mass is 10.1. The Bertz CT molecular complexity index is 510. The second-order valence-electron chi connectivity index (χ2n) is 4.00. The second kappa shape index (κ2) is 4.92. The fourth-order valence-electron chi connectivity index (χ4n) is 1.64. The van der Waals surface area contributed by atoms with Crippen molar-refractivity contribution in [3.05, 3.63) is 52.1 Å².